The number of aromatic nitrogens is 12. The fourth-order valence-corrected chi connectivity index (χ4v) is 15.2. The molecule has 23 nitrogen and oxygen atoms in total. The van der Waals surface area contributed by atoms with Crippen LogP contribution < -0.4 is 32.6 Å². The molecule has 0 radical (unpaired) electrons. The molecule has 3 atom stereocenters. The van der Waals surface area contributed by atoms with Crippen molar-refractivity contribution in [1.29, 1.82) is 0 Å². The largest absolute Gasteiger partial charge is 0.344 e. The van der Waals surface area contributed by atoms with E-state index >= 15 is 0 Å². The molecule has 5 aromatic carbocycles. The molecule has 1 aliphatic rings. The molecular weight excluding hydrogens is 1470 g/mol. The smallest absolute Gasteiger partial charge is 0.272 e. The summed E-state index contributed by atoms with van der Waals surface area (Å²) in [5.41, 5.74) is 9.62. The van der Waals surface area contributed by atoms with E-state index in [0.29, 0.717) is 127 Å². The van der Waals surface area contributed by atoms with Gasteiger partial charge in [-0.25, -0.2) is 32.4 Å². The van der Waals surface area contributed by atoms with Crippen molar-refractivity contribution in [2.75, 3.05) is 6.26 Å². The second-order valence-corrected chi connectivity index (χ2v) is 31.4. The fraction of sp³-hybridized carbons (Fsp3) is 0.241. The molecule has 9 aromatic heterocycles. The van der Waals surface area contributed by atoms with Crippen LogP contribution in [0.25, 0.3) is 66.2 Å². The average molecular weight is 1550 g/mol. The number of benzene rings is 5. The van der Waals surface area contributed by atoms with E-state index in [2.05, 4.69) is 73.8 Å². The van der Waals surface area contributed by atoms with Crippen LogP contribution in [0.4, 0.5) is 0 Å². The molecular formula is C83H78Cl3N15O8S. The van der Waals surface area contributed by atoms with Gasteiger partial charge in [0.25, 0.3) is 34.4 Å². The van der Waals surface area contributed by atoms with Gasteiger partial charge >= 0.3 is 0 Å². The minimum Gasteiger partial charge on any atom is -0.344 e. The third kappa shape index (κ3) is 15.7. The van der Waals surface area contributed by atoms with Crippen LogP contribution in [0.1, 0.15) is 180 Å². The number of rotatable bonds is 17. The third-order valence-electron chi connectivity index (χ3n) is 19.2. The lowest BCUT2D eigenvalue weighted by Crippen LogP contribution is -2.33. The minimum atomic E-state index is -3.24. The Morgan fingerprint density at radius 1 is 0.518 bits per heavy atom. The van der Waals surface area contributed by atoms with E-state index < -0.39 is 33.9 Å². The van der Waals surface area contributed by atoms with E-state index in [1.165, 1.54) is 12.4 Å². The third-order valence-corrected chi connectivity index (χ3v) is 21.0. The van der Waals surface area contributed by atoms with Gasteiger partial charge in [0.05, 0.1) is 84.1 Å². The maximum atomic E-state index is 13.7. The summed E-state index contributed by atoms with van der Waals surface area (Å²) in [5, 5.41) is 22.9. The van der Waals surface area contributed by atoms with E-state index in [0.717, 1.165) is 35.9 Å². The normalized spacial score (nSPS) is 13.1. The van der Waals surface area contributed by atoms with Gasteiger partial charge in [-0.3, -0.25) is 47.9 Å². The molecule has 1 saturated carbocycles. The SMILES string of the molecule is Cc1ncc(-c2cncc(CS(C)(=O)=O)c2)nc1C(=O)N[C@@H](C)c1cc2cccc(Cl)c2c(=O)n1C1CC1.Cc1nn2c(C(C)C)ccnc2c1C(=O)N[C@@H](C)c1cc2cccc(Cl)c2c(=O)n1-c1ccccc1.Cc1nn2ccc(C(C)C)nc2c1C(=O)N[C@@H](C)c1cc2cccc(Cl)c2c(=O)n1-c1ccccc1. The van der Waals surface area contributed by atoms with Gasteiger partial charge < -0.3 is 20.5 Å². The van der Waals surface area contributed by atoms with Crippen LogP contribution in [0.3, 0.4) is 0 Å². The van der Waals surface area contributed by atoms with Crippen LogP contribution in [-0.2, 0) is 15.6 Å². The first-order chi connectivity index (χ1) is 52.5. The number of carbonyl (C=O) groups excluding carboxylic acids is 3. The zero-order chi connectivity index (χ0) is 78.3. The second-order valence-electron chi connectivity index (χ2n) is 28.1. The van der Waals surface area contributed by atoms with E-state index in [9.17, 15) is 37.2 Å². The molecule has 0 unspecified atom stereocenters. The highest BCUT2D eigenvalue weighted by molar-refractivity contribution is 7.89. The maximum absolute atomic E-state index is 13.7. The molecule has 110 heavy (non-hydrogen) atoms. The number of para-hydroxylation sites is 2. The lowest BCUT2D eigenvalue weighted by atomic mass is 10.1. The number of sulfone groups is 1. The van der Waals surface area contributed by atoms with Crippen molar-refractivity contribution in [1.82, 2.24) is 73.8 Å². The van der Waals surface area contributed by atoms with Gasteiger partial charge in [-0.1, -0.05) is 135 Å². The van der Waals surface area contributed by atoms with Crippen molar-refractivity contribution in [3.63, 3.8) is 0 Å². The molecule has 0 bridgehead atoms. The highest BCUT2D eigenvalue weighted by Crippen LogP contribution is 2.38. The van der Waals surface area contributed by atoms with Gasteiger partial charge in [0, 0.05) is 82.5 Å². The number of halogens is 3. The number of hydrogen-bond donors (Lipinski definition) is 3. The Hall–Kier alpha value is -11.6. The summed E-state index contributed by atoms with van der Waals surface area (Å²) in [6, 6.07) is 44.5. The number of amides is 3. The molecule has 3 N–H and O–H groups in total. The van der Waals surface area contributed by atoms with Crippen molar-refractivity contribution < 1.29 is 22.8 Å². The lowest BCUT2D eigenvalue weighted by molar-refractivity contribution is 0.0925. The Labute approximate surface area is 647 Å². The second kappa shape index (κ2) is 31.6. The van der Waals surface area contributed by atoms with E-state index in [1.807, 2.05) is 148 Å². The van der Waals surface area contributed by atoms with Crippen LogP contribution in [0, 0.1) is 20.8 Å². The summed E-state index contributed by atoms with van der Waals surface area (Å²) in [4.78, 5) is 103. The summed E-state index contributed by atoms with van der Waals surface area (Å²) in [6.07, 6.45) is 11.0. The first kappa shape index (κ1) is 76.6. The molecule has 1 fully saturated rings. The van der Waals surface area contributed by atoms with Gasteiger partial charge in [-0.05, 0) is 167 Å². The van der Waals surface area contributed by atoms with Gasteiger partial charge in [0.2, 0.25) is 0 Å². The maximum Gasteiger partial charge on any atom is 0.272 e. The van der Waals surface area contributed by atoms with Crippen molar-refractivity contribution in [2.24, 2.45) is 0 Å². The highest BCUT2D eigenvalue weighted by atomic mass is 35.5. The summed E-state index contributed by atoms with van der Waals surface area (Å²) < 4.78 is 31.7. The number of nitrogens with zero attached hydrogens (tertiary/aromatic N) is 12. The Morgan fingerprint density at radius 2 is 1.02 bits per heavy atom. The molecule has 0 aliphatic heterocycles. The van der Waals surface area contributed by atoms with E-state index in [4.69, 9.17) is 39.8 Å². The first-order valence-electron chi connectivity index (χ1n) is 35.8. The van der Waals surface area contributed by atoms with Crippen LogP contribution in [0.15, 0.2) is 197 Å². The van der Waals surface area contributed by atoms with Gasteiger partial charge in [-0.2, -0.15) is 10.2 Å². The van der Waals surface area contributed by atoms with E-state index in [1.54, 1.807) is 86.2 Å². The molecule has 0 saturated heterocycles. The Balaban J connectivity index is 0.000000145. The Morgan fingerprint density at radius 3 is 1.54 bits per heavy atom. The number of carbonyl (C=O) groups is 3. The fourth-order valence-electron chi connectivity index (χ4n) is 13.6. The summed E-state index contributed by atoms with van der Waals surface area (Å²) >= 11 is 19.2. The molecule has 27 heteroatoms. The van der Waals surface area contributed by atoms with Crippen molar-refractivity contribution >= 4 is 106 Å². The molecule has 9 heterocycles. The Bertz CT molecular complexity index is 6130. The van der Waals surface area contributed by atoms with Crippen LogP contribution in [0.5, 0.6) is 0 Å². The zero-order valence-electron chi connectivity index (χ0n) is 62.1. The molecule has 14 aromatic rings. The molecule has 15 rings (SSSR count). The predicted octanol–water partition coefficient (Wildman–Crippen LogP) is 15.4. The summed E-state index contributed by atoms with van der Waals surface area (Å²) in [6.45, 7) is 19.1. The molecule has 0 spiro atoms. The monoisotopic (exact) mass is 1550 g/mol. The quantitative estimate of drug-likeness (QED) is 0.0764. The molecule has 560 valence electrons. The van der Waals surface area contributed by atoms with Gasteiger partial charge in [-0.15, -0.1) is 0 Å². The van der Waals surface area contributed by atoms with Crippen LogP contribution in [0.2, 0.25) is 15.1 Å². The molecule has 3 amide bonds. The lowest BCUT2D eigenvalue weighted by Gasteiger charge is -2.21. The molecule has 1 aliphatic carbocycles. The van der Waals surface area contributed by atoms with Crippen LogP contribution >= 0.6 is 34.8 Å². The summed E-state index contributed by atoms with van der Waals surface area (Å²) in [7, 11) is -3.24. The van der Waals surface area contributed by atoms with Crippen molar-refractivity contribution in [3.05, 3.63) is 297 Å². The minimum absolute atomic E-state index is 0.0779. The average Bonchev–Trinajstić information content (AvgIpc) is 1.50. The summed E-state index contributed by atoms with van der Waals surface area (Å²) in [5.74, 6) is -0.773. The standard InChI is InChI=1S/2C28H26ClN5O2.C27H26ClN5O4S/c1-16(2)22-13-14-33-26(31-22)24(18(4)32-33)27(35)30-17(3)23-15-19-9-8-12-21(29)25(19)28(36)34(23)20-10-6-5-7-11-20;1-16(2)22-13-14-30-26-24(18(4)32-34(22)26)27(35)31-17(3)23-15-19-9-8-12-21(29)25(19)28(36)33(23)20-10-6-5-7-11-20;1-15(23-10-18-5-4-6-21(28)24(18)27(35)33(23)20-7-8-20)31-26(34)25-16(2)30-13-22(32-25)19-9-17(11-29-12-19)14-38(3,36)37/h5-17H,1-4H3,(H,30,35);5-17H,1-4H3,(H,31,35);4-6,9-13,15,20H,7-8,14H2,1-3H3,(H,31,34)/t2*17-;15-/m000/s1. The van der Waals surface area contributed by atoms with Gasteiger partial charge in [0.15, 0.2) is 21.1 Å². The van der Waals surface area contributed by atoms with E-state index in [-0.39, 0.29) is 57.8 Å². The van der Waals surface area contributed by atoms with Gasteiger partial charge in [0.1, 0.15) is 16.8 Å². The number of hydrogen-bond acceptors (Lipinski definition) is 15. The number of pyridine rings is 4. The first-order valence-corrected chi connectivity index (χ1v) is 39.0. The number of fused-ring (bicyclic) bond motifs is 5. The highest BCUT2D eigenvalue weighted by Gasteiger charge is 2.32. The van der Waals surface area contributed by atoms with Crippen LogP contribution in [-0.4, -0.2) is 90.2 Å². The number of aryl methyl sites for hydroxylation is 3. The predicted molar refractivity (Wildman–Crippen MR) is 430 cm³/mol. The van der Waals surface area contributed by atoms with Crippen molar-refractivity contribution in [3.8, 4) is 22.6 Å². The van der Waals surface area contributed by atoms with Crippen molar-refractivity contribution in [2.45, 2.75) is 124 Å². The zero-order valence-corrected chi connectivity index (χ0v) is 65.2. The topological polar surface area (TPSA) is 286 Å². The Kier molecular flexibility index (Phi) is 22.0. The number of nitrogens with one attached hydrogen (secondary N) is 3.